The van der Waals surface area contributed by atoms with Crippen LogP contribution in [0.4, 0.5) is 5.69 Å². The van der Waals surface area contributed by atoms with Crippen LogP contribution in [0.25, 0.3) is 0 Å². The molecule has 0 saturated heterocycles. The van der Waals surface area contributed by atoms with Crippen LogP contribution in [0.1, 0.15) is 30.2 Å². The number of nitrogens with one attached hydrogen (secondary N) is 1. The van der Waals surface area contributed by atoms with Gasteiger partial charge in [0.2, 0.25) is 0 Å². The van der Waals surface area contributed by atoms with Crippen molar-refractivity contribution in [2.45, 2.75) is 33.4 Å². The van der Waals surface area contributed by atoms with E-state index in [1.807, 2.05) is 13.0 Å². The van der Waals surface area contributed by atoms with E-state index < -0.39 is 0 Å². The topological polar surface area (TPSA) is 28.4 Å². The van der Waals surface area contributed by atoms with Crippen molar-refractivity contribution in [1.82, 2.24) is 5.32 Å². The molecule has 108 valence electrons. The Kier molecular flexibility index (Phi) is 5.24. The minimum atomic E-state index is 0.868. The third-order valence-corrected chi connectivity index (χ3v) is 3.52. The molecule has 0 spiro atoms. The van der Waals surface area contributed by atoms with Gasteiger partial charge in [-0.15, -0.1) is 0 Å². The fourth-order valence-electron chi connectivity index (χ4n) is 2.35. The molecule has 3 nitrogen and oxygen atoms in total. The summed E-state index contributed by atoms with van der Waals surface area (Å²) in [6.45, 7) is 7.04. The molecule has 0 saturated carbocycles. The Labute approximate surface area is 121 Å². The normalized spacial score (nSPS) is 10.8. The van der Waals surface area contributed by atoms with E-state index in [-0.39, 0.29) is 0 Å². The number of nitrogens with zero attached hydrogens (tertiary/aromatic N) is 1. The zero-order valence-corrected chi connectivity index (χ0v) is 12.6. The average molecular weight is 272 g/mol. The first kappa shape index (κ1) is 14.7. The summed E-state index contributed by atoms with van der Waals surface area (Å²) < 4.78 is 5.37. The van der Waals surface area contributed by atoms with Gasteiger partial charge in [0.1, 0.15) is 5.76 Å². The van der Waals surface area contributed by atoms with Gasteiger partial charge in [-0.2, -0.15) is 0 Å². The van der Waals surface area contributed by atoms with E-state index in [0.29, 0.717) is 0 Å². The number of aryl methyl sites for hydroxylation is 1. The average Bonchev–Trinajstić information content (AvgIpc) is 2.85. The van der Waals surface area contributed by atoms with Gasteiger partial charge in [0.25, 0.3) is 0 Å². The molecule has 0 bridgehead atoms. The third-order valence-electron chi connectivity index (χ3n) is 3.52. The quantitative estimate of drug-likeness (QED) is 0.779. The highest BCUT2D eigenvalue weighted by Crippen LogP contribution is 2.22. The molecule has 0 fully saturated rings. The van der Waals surface area contributed by atoms with Crippen LogP contribution in [-0.2, 0) is 13.1 Å². The van der Waals surface area contributed by atoms with Gasteiger partial charge < -0.3 is 14.6 Å². The number of rotatable bonds is 7. The summed E-state index contributed by atoms with van der Waals surface area (Å²) in [7, 11) is 2.13. The van der Waals surface area contributed by atoms with Gasteiger partial charge in [0.05, 0.1) is 6.26 Å². The second kappa shape index (κ2) is 7.15. The number of hydrogen-bond donors (Lipinski definition) is 1. The lowest BCUT2D eigenvalue weighted by Gasteiger charge is -2.22. The van der Waals surface area contributed by atoms with Crippen LogP contribution in [0.15, 0.2) is 41.0 Å². The molecule has 0 amide bonds. The Morgan fingerprint density at radius 1 is 1.15 bits per heavy atom. The van der Waals surface area contributed by atoms with Crippen LogP contribution in [0.3, 0.4) is 0 Å². The van der Waals surface area contributed by atoms with E-state index >= 15 is 0 Å². The zero-order chi connectivity index (χ0) is 14.4. The van der Waals surface area contributed by atoms with Crippen molar-refractivity contribution in [3.8, 4) is 0 Å². The van der Waals surface area contributed by atoms with E-state index in [0.717, 1.165) is 31.8 Å². The van der Waals surface area contributed by atoms with E-state index in [4.69, 9.17) is 4.42 Å². The fourth-order valence-corrected chi connectivity index (χ4v) is 2.35. The van der Waals surface area contributed by atoms with Crippen molar-refractivity contribution >= 4 is 5.69 Å². The standard InChI is InChI=1S/C17H24N2O/c1-4-10-18-12-15-7-5-6-8-17(15)19(3)13-16-9-11-20-14(16)2/h5-9,11,18H,4,10,12-13H2,1-3H3. The number of furan rings is 1. The molecule has 0 radical (unpaired) electrons. The second-order valence-electron chi connectivity index (χ2n) is 5.16. The maximum absolute atomic E-state index is 5.37. The maximum atomic E-state index is 5.37. The molecule has 0 atom stereocenters. The number of benzene rings is 1. The summed E-state index contributed by atoms with van der Waals surface area (Å²) in [6, 6.07) is 10.6. The van der Waals surface area contributed by atoms with Crippen molar-refractivity contribution in [3.63, 3.8) is 0 Å². The summed E-state index contributed by atoms with van der Waals surface area (Å²) >= 11 is 0. The monoisotopic (exact) mass is 272 g/mol. The number of para-hydroxylation sites is 1. The highest BCUT2D eigenvalue weighted by molar-refractivity contribution is 5.53. The predicted molar refractivity (Wildman–Crippen MR) is 84.0 cm³/mol. The lowest BCUT2D eigenvalue weighted by atomic mass is 10.1. The largest absolute Gasteiger partial charge is 0.469 e. The maximum Gasteiger partial charge on any atom is 0.105 e. The first-order valence-electron chi connectivity index (χ1n) is 7.25. The van der Waals surface area contributed by atoms with Gasteiger partial charge in [-0.05, 0) is 37.6 Å². The zero-order valence-electron chi connectivity index (χ0n) is 12.6. The van der Waals surface area contributed by atoms with Gasteiger partial charge in [0.15, 0.2) is 0 Å². The summed E-state index contributed by atoms with van der Waals surface area (Å²) in [5.74, 6) is 0.999. The van der Waals surface area contributed by atoms with Crippen LogP contribution >= 0.6 is 0 Å². The highest BCUT2D eigenvalue weighted by atomic mass is 16.3. The summed E-state index contributed by atoms with van der Waals surface area (Å²) in [5.41, 5.74) is 3.85. The van der Waals surface area contributed by atoms with E-state index in [1.54, 1.807) is 6.26 Å². The van der Waals surface area contributed by atoms with Gasteiger partial charge >= 0.3 is 0 Å². The molecule has 0 unspecified atom stereocenters. The Bertz CT molecular complexity index is 533. The SMILES string of the molecule is CCCNCc1ccccc1N(C)Cc1ccoc1C. The second-order valence-corrected chi connectivity index (χ2v) is 5.16. The molecule has 2 aromatic rings. The van der Waals surface area contributed by atoms with Crippen LogP contribution in [0.2, 0.25) is 0 Å². The van der Waals surface area contributed by atoms with Gasteiger partial charge in [-0.3, -0.25) is 0 Å². The summed E-state index contributed by atoms with van der Waals surface area (Å²) in [5, 5.41) is 3.47. The van der Waals surface area contributed by atoms with E-state index in [1.165, 1.54) is 16.8 Å². The van der Waals surface area contributed by atoms with Crippen molar-refractivity contribution < 1.29 is 4.42 Å². The molecule has 1 N–H and O–H groups in total. The Balaban J connectivity index is 2.08. The summed E-state index contributed by atoms with van der Waals surface area (Å²) in [4.78, 5) is 2.28. The molecular formula is C17H24N2O. The molecule has 1 heterocycles. The number of anilines is 1. The molecule has 0 aliphatic carbocycles. The first-order valence-corrected chi connectivity index (χ1v) is 7.25. The first-order chi connectivity index (χ1) is 9.72. The molecule has 0 aliphatic heterocycles. The molecular weight excluding hydrogens is 248 g/mol. The molecule has 0 aliphatic rings. The van der Waals surface area contributed by atoms with Crippen LogP contribution in [0.5, 0.6) is 0 Å². The Morgan fingerprint density at radius 3 is 2.65 bits per heavy atom. The Morgan fingerprint density at radius 2 is 1.95 bits per heavy atom. The Hall–Kier alpha value is -1.74. The van der Waals surface area contributed by atoms with Gasteiger partial charge in [-0.1, -0.05) is 25.1 Å². The fraction of sp³-hybridized carbons (Fsp3) is 0.412. The predicted octanol–water partition coefficient (Wildman–Crippen LogP) is 3.72. The smallest absolute Gasteiger partial charge is 0.105 e. The van der Waals surface area contributed by atoms with E-state index in [9.17, 15) is 0 Å². The van der Waals surface area contributed by atoms with Crippen LogP contribution in [-0.4, -0.2) is 13.6 Å². The highest BCUT2D eigenvalue weighted by Gasteiger charge is 2.09. The molecule has 3 heteroatoms. The van der Waals surface area contributed by atoms with Gasteiger partial charge in [0, 0.05) is 31.4 Å². The van der Waals surface area contributed by atoms with Crippen LogP contribution in [0, 0.1) is 6.92 Å². The molecule has 2 rings (SSSR count). The number of hydrogen-bond acceptors (Lipinski definition) is 3. The minimum absolute atomic E-state index is 0.868. The lowest BCUT2D eigenvalue weighted by Crippen LogP contribution is -2.21. The lowest BCUT2D eigenvalue weighted by molar-refractivity contribution is 0.529. The van der Waals surface area contributed by atoms with Crippen molar-refractivity contribution in [2.75, 3.05) is 18.5 Å². The van der Waals surface area contributed by atoms with Gasteiger partial charge in [-0.25, -0.2) is 0 Å². The van der Waals surface area contributed by atoms with Crippen molar-refractivity contribution in [1.29, 1.82) is 0 Å². The molecule has 1 aromatic heterocycles. The third kappa shape index (κ3) is 3.64. The van der Waals surface area contributed by atoms with Crippen molar-refractivity contribution in [2.24, 2.45) is 0 Å². The summed E-state index contributed by atoms with van der Waals surface area (Å²) in [6.07, 6.45) is 2.92. The minimum Gasteiger partial charge on any atom is -0.469 e. The molecule has 20 heavy (non-hydrogen) atoms. The van der Waals surface area contributed by atoms with Crippen molar-refractivity contribution in [3.05, 3.63) is 53.5 Å². The van der Waals surface area contributed by atoms with Crippen LogP contribution < -0.4 is 10.2 Å². The molecule has 1 aromatic carbocycles. The van der Waals surface area contributed by atoms with E-state index in [2.05, 4.69) is 48.5 Å².